The van der Waals surface area contributed by atoms with Gasteiger partial charge in [-0.3, -0.25) is 9.52 Å². The molecule has 0 atom stereocenters. The summed E-state index contributed by atoms with van der Waals surface area (Å²) in [5.41, 5.74) is 1.58. The molecular formula is C17H20N2O4S. The van der Waals surface area contributed by atoms with E-state index >= 15 is 0 Å². The molecule has 128 valence electrons. The lowest BCUT2D eigenvalue weighted by Gasteiger charge is -2.11. The molecule has 1 aromatic carbocycles. The van der Waals surface area contributed by atoms with Gasteiger partial charge in [0.2, 0.25) is 10.0 Å². The fourth-order valence-electron chi connectivity index (χ4n) is 2.06. The summed E-state index contributed by atoms with van der Waals surface area (Å²) in [5.74, 6) is 0.378. The fraction of sp³-hybridized carbons (Fsp3) is 0.235. The minimum atomic E-state index is -3.43. The summed E-state index contributed by atoms with van der Waals surface area (Å²) >= 11 is 0. The second kappa shape index (κ2) is 7.83. The van der Waals surface area contributed by atoms with Gasteiger partial charge in [0, 0.05) is 5.56 Å². The molecule has 0 saturated heterocycles. The minimum absolute atomic E-state index is 0.0265. The van der Waals surface area contributed by atoms with Crippen LogP contribution in [-0.2, 0) is 16.6 Å². The lowest BCUT2D eigenvalue weighted by molar-refractivity contribution is 0.0948. The van der Waals surface area contributed by atoms with E-state index in [1.165, 1.54) is 0 Å². The SMILES string of the molecule is C=CCCS(=O)(=O)Nc1ccc(C(=O)NCc2ccco2)cc1C. The van der Waals surface area contributed by atoms with Gasteiger partial charge in [0.05, 0.1) is 24.2 Å². The molecule has 1 amide bonds. The van der Waals surface area contributed by atoms with Gasteiger partial charge >= 0.3 is 0 Å². The van der Waals surface area contributed by atoms with E-state index in [0.717, 1.165) is 0 Å². The highest BCUT2D eigenvalue weighted by molar-refractivity contribution is 7.92. The molecule has 0 unspecified atom stereocenters. The van der Waals surface area contributed by atoms with Crippen molar-refractivity contribution in [3.05, 3.63) is 66.1 Å². The number of hydrogen-bond donors (Lipinski definition) is 2. The highest BCUT2D eigenvalue weighted by Gasteiger charge is 2.13. The third-order valence-electron chi connectivity index (χ3n) is 3.35. The van der Waals surface area contributed by atoms with E-state index in [0.29, 0.717) is 35.5 Å². The van der Waals surface area contributed by atoms with E-state index in [1.807, 2.05) is 0 Å². The number of benzene rings is 1. The van der Waals surface area contributed by atoms with Crippen molar-refractivity contribution < 1.29 is 17.6 Å². The molecule has 0 aliphatic rings. The predicted octanol–water partition coefficient (Wildman–Crippen LogP) is 2.84. The first-order valence-corrected chi connectivity index (χ1v) is 9.09. The number of carbonyl (C=O) groups excluding carboxylic acids is 1. The zero-order chi connectivity index (χ0) is 17.6. The summed E-state index contributed by atoms with van der Waals surface area (Å²) in [5, 5.41) is 2.74. The van der Waals surface area contributed by atoms with Crippen LogP contribution in [0.25, 0.3) is 0 Å². The van der Waals surface area contributed by atoms with Gasteiger partial charge in [-0.15, -0.1) is 6.58 Å². The molecule has 2 N–H and O–H groups in total. The van der Waals surface area contributed by atoms with E-state index < -0.39 is 10.0 Å². The largest absolute Gasteiger partial charge is 0.467 e. The van der Waals surface area contributed by atoms with Crippen molar-refractivity contribution in [2.24, 2.45) is 0 Å². The molecule has 0 aliphatic heterocycles. The molecule has 7 heteroatoms. The molecule has 0 aliphatic carbocycles. The molecule has 24 heavy (non-hydrogen) atoms. The van der Waals surface area contributed by atoms with Crippen LogP contribution in [0.1, 0.15) is 28.1 Å². The van der Waals surface area contributed by atoms with Gasteiger partial charge < -0.3 is 9.73 Å². The van der Waals surface area contributed by atoms with Gasteiger partial charge in [0.25, 0.3) is 5.91 Å². The minimum Gasteiger partial charge on any atom is -0.467 e. The van der Waals surface area contributed by atoms with Crippen molar-refractivity contribution in [1.29, 1.82) is 0 Å². The Morgan fingerprint density at radius 3 is 2.75 bits per heavy atom. The van der Waals surface area contributed by atoms with Gasteiger partial charge in [-0.05, 0) is 49.2 Å². The Bertz CT molecular complexity index is 811. The van der Waals surface area contributed by atoms with Gasteiger partial charge in [-0.2, -0.15) is 0 Å². The predicted molar refractivity (Wildman–Crippen MR) is 93.3 cm³/mol. The second-order valence-corrected chi connectivity index (χ2v) is 7.13. The van der Waals surface area contributed by atoms with Crippen LogP contribution < -0.4 is 10.0 Å². The molecule has 0 saturated carbocycles. The first-order valence-electron chi connectivity index (χ1n) is 7.44. The maximum absolute atomic E-state index is 12.1. The molecule has 1 heterocycles. The molecule has 6 nitrogen and oxygen atoms in total. The van der Waals surface area contributed by atoms with Gasteiger partial charge in [-0.25, -0.2) is 8.42 Å². The summed E-state index contributed by atoms with van der Waals surface area (Å²) in [7, 11) is -3.43. The monoisotopic (exact) mass is 348 g/mol. The highest BCUT2D eigenvalue weighted by atomic mass is 32.2. The number of sulfonamides is 1. The molecule has 2 rings (SSSR count). The normalized spacial score (nSPS) is 11.0. The topological polar surface area (TPSA) is 88.4 Å². The number of carbonyl (C=O) groups is 1. The first-order chi connectivity index (χ1) is 11.4. The van der Waals surface area contributed by atoms with Crippen LogP contribution in [0, 0.1) is 6.92 Å². The van der Waals surface area contributed by atoms with Crippen LogP contribution in [-0.4, -0.2) is 20.1 Å². The number of amides is 1. The number of allylic oxidation sites excluding steroid dienone is 1. The maximum Gasteiger partial charge on any atom is 0.251 e. The van der Waals surface area contributed by atoms with Crippen LogP contribution in [0.2, 0.25) is 0 Å². The quantitative estimate of drug-likeness (QED) is 0.718. The molecular weight excluding hydrogens is 328 g/mol. The van der Waals surface area contributed by atoms with Crippen molar-refractivity contribution in [3.8, 4) is 0 Å². The third-order valence-corrected chi connectivity index (χ3v) is 4.65. The van der Waals surface area contributed by atoms with Crippen molar-refractivity contribution in [3.63, 3.8) is 0 Å². The van der Waals surface area contributed by atoms with Crippen molar-refractivity contribution >= 4 is 21.6 Å². The Hall–Kier alpha value is -2.54. The first kappa shape index (κ1) is 17.8. The van der Waals surface area contributed by atoms with E-state index in [4.69, 9.17) is 4.42 Å². The van der Waals surface area contributed by atoms with Crippen LogP contribution in [0.3, 0.4) is 0 Å². The van der Waals surface area contributed by atoms with Gasteiger partial charge in [0.15, 0.2) is 0 Å². The molecule has 0 bridgehead atoms. The van der Waals surface area contributed by atoms with E-state index in [9.17, 15) is 13.2 Å². The maximum atomic E-state index is 12.1. The summed E-state index contributed by atoms with van der Waals surface area (Å²) in [4.78, 5) is 12.1. The average Bonchev–Trinajstić information content (AvgIpc) is 3.06. The molecule has 1 aromatic heterocycles. The number of furan rings is 1. The average molecular weight is 348 g/mol. The Labute approximate surface area is 141 Å². The highest BCUT2D eigenvalue weighted by Crippen LogP contribution is 2.18. The number of aryl methyl sites for hydroxylation is 1. The van der Waals surface area contributed by atoms with Crippen molar-refractivity contribution in [2.75, 3.05) is 10.5 Å². The lowest BCUT2D eigenvalue weighted by Crippen LogP contribution is -2.23. The second-order valence-electron chi connectivity index (χ2n) is 5.29. The summed E-state index contributed by atoms with van der Waals surface area (Å²) in [6, 6.07) is 8.33. The van der Waals surface area contributed by atoms with E-state index in [1.54, 1.807) is 49.6 Å². The fourth-order valence-corrected chi connectivity index (χ4v) is 3.20. The van der Waals surface area contributed by atoms with Crippen LogP contribution in [0.4, 0.5) is 5.69 Å². The Balaban J connectivity index is 2.03. The van der Waals surface area contributed by atoms with Crippen molar-refractivity contribution in [1.82, 2.24) is 5.32 Å². The molecule has 0 fully saturated rings. The third kappa shape index (κ3) is 4.99. The summed E-state index contributed by atoms with van der Waals surface area (Å²) < 4.78 is 31.5. The summed E-state index contributed by atoms with van der Waals surface area (Å²) in [6.45, 7) is 5.55. The van der Waals surface area contributed by atoms with E-state index in [-0.39, 0.29) is 11.7 Å². The van der Waals surface area contributed by atoms with Crippen molar-refractivity contribution in [2.45, 2.75) is 19.9 Å². The van der Waals surface area contributed by atoms with Gasteiger partial charge in [-0.1, -0.05) is 6.08 Å². The van der Waals surface area contributed by atoms with Crippen LogP contribution >= 0.6 is 0 Å². The lowest BCUT2D eigenvalue weighted by atomic mass is 10.1. The number of anilines is 1. The molecule has 2 aromatic rings. The number of nitrogens with one attached hydrogen (secondary N) is 2. The van der Waals surface area contributed by atoms with Gasteiger partial charge in [0.1, 0.15) is 5.76 Å². The smallest absolute Gasteiger partial charge is 0.251 e. The summed E-state index contributed by atoms with van der Waals surface area (Å²) in [6.07, 6.45) is 3.47. The zero-order valence-corrected chi connectivity index (χ0v) is 14.2. The Morgan fingerprint density at radius 2 is 2.12 bits per heavy atom. The van der Waals surface area contributed by atoms with E-state index in [2.05, 4.69) is 16.6 Å². The Kier molecular flexibility index (Phi) is 5.81. The van der Waals surface area contributed by atoms with Crippen LogP contribution in [0.5, 0.6) is 0 Å². The Morgan fingerprint density at radius 1 is 1.33 bits per heavy atom. The number of rotatable bonds is 8. The number of hydrogen-bond acceptors (Lipinski definition) is 4. The standard InChI is InChI=1S/C17H20N2O4S/c1-3-4-10-24(21,22)19-16-8-7-14(11-13(16)2)17(20)18-12-15-6-5-9-23-15/h3,5-9,11,19H,1,4,10,12H2,2H3,(H,18,20). The molecule has 0 spiro atoms. The van der Waals surface area contributed by atoms with Crippen LogP contribution in [0.15, 0.2) is 53.7 Å². The molecule has 0 radical (unpaired) electrons. The zero-order valence-electron chi connectivity index (χ0n) is 13.4.